The zero-order valence-electron chi connectivity index (χ0n) is 13.5. The Morgan fingerprint density at radius 3 is 2.71 bits per heavy atom. The lowest BCUT2D eigenvalue weighted by Gasteiger charge is -2.09. The summed E-state index contributed by atoms with van der Waals surface area (Å²) in [6, 6.07) is 12.1. The minimum absolute atomic E-state index is 0.0491. The van der Waals surface area contributed by atoms with Gasteiger partial charge in [0, 0.05) is 36.1 Å². The van der Waals surface area contributed by atoms with Crippen molar-refractivity contribution < 1.29 is 13.2 Å². The van der Waals surface area contributed by atoms with Gasteiger partial charge >= 0.3 is 0 Å². The van der Waals surface area contributed by atoms with Crippen molar-refractivity contribution in [3.8, 4) is 0 Å². The molecule has 0 aliphatic carbocycles. The summed E-state index contributed by atoms with van der Waals surface area (Å²) < 4.78 is 26.1. The smallest absolute Gasteiger partial charge is 0.251 e. The number of nitrogens with one attached hydrogen (secondary N) is 2. The molecule has 128 valence electrons. The van der Waals surface area contributed by atoms with E-state index < -0.39 is 10.0 Å². The Hall–Kier alpha value is -2.41. The average Bonchev–Trinajstić information content (AvgIpc) is 2.55. The molecule has 1 heterocycles. The lowest BCUT2D eigenvalue weighted by Crippen LogP contribution is -2.26. The van der Waals surface area contributed by atoms with Gasteiger partial charge in [0.15, 0.2) is 0 Å². The Kier molecular flexibility index (Phi) is 6.31. The van der Waals surface area contributed by atoms with Crippen LogP contribution in [0.15, 0.2) is 48.7 Å². The van der Waals surface area contributed by atoms with E-state index in [4.69, 9.17) is 0 Å². The number of pyridine rings is 1. The highest BCUT2D eigenvalue weighted by molar-refractivity contribution is 7.92. The predicted molar refractivity (Wildman–Crippen MR) is 94.4 cm³/mol. The maximum absolute atomic E-state index is 12.2. The molecule has 0 fully saturated rings. The normalized spacial score (nSPS) is 11.0. The summed E-state index contributed by atoms with van der Waals surface area (Å²) in [6.45, 7) is 2.26. The summed E-state index contributed by atoms with van der Waals surface area (Å²) in [5.41, 5.74) is 1.70. The highest BCUT2D eigenvalue weighted by atomic mass is 32.2. The molecular weight excluding hydrogens is 326 g/mol. The van der Waals surface area contributed by atoms with E-state index >= 15 is 0 Å². The van der Waals surface area contributed by atoms with Crippen molar-refractivity contribution in [2.45, 2.75) is 19.8 Å². The van der Waals surface area contributed by atoms with Gasteiger partial charge in [0.2, 0.25) is 10.0 Å². The first-order valence-electron chi connectivity index (χ1n) is 7.79. The maximum atomic E-state index is 12.2. The van der Waals surface area contributed by atoms with E-state index in [0.29, 0.717) is 30.6 Å². The van der Waals surface area contributed by atoms with Crippen LogP contribution in [0, 0.1) is 0 Å². The van der Waals surface area contributed by atoms with Crippen molar-refractivity contribution in [2.24, 2.45) is 0 Å². The average molecular weight is 347 g/mol. The monoisotopic (exact) mass is 347 g/mol. The van der Waals surface area contributed by atoms with Crippen LogP contribution < -0.4 is 10.0 Å². The second-order valence-corrected chi connectivity index (χ2v) is 7.17. The number of carbonyl (C=O) groups is 1. The number of aromatic nitrogens is 1. The molecule has 2 N–H and O–H groups in total. The summed E-state index contributed by atoms with van der Waals surface area (Å²) in [7, 11) is -3.37. The molecule has 2 aromatic rings. The number of benzene rings is 1. The molecule has 6 nitrogen and oxygen atoms in total. The van der Waals surface area contributed by atoms with Crippen molar-refractivity contribution in [1.82, 2.24) is 10.3 Å². The van der Waals surface area contributed by atoms with Crippen LogP contribution >= 0.6 is 0 Å². The second kappa shape index (κ2) is 8.44. The van der Waals surface area contributed by atoms with Crippen LogP contribution in [0.2, 0.25) is 0 Å². The number of amides is 1. The summed E-state index contributed by atoms with van der Waals surface area (Å²) in [5, 5.41) is 2.81. The summed E-state index contributed by atoms with van der Waals surface area (Å²) in [4.78, 5) is 16.4. The minimum Gasteiger partial charge on any atom is -0.352 e. The lowest BCUT2D eigenvalue weighted by molar-refractivity contribution is 0.0954. The number of hydrogen-bond acceptors (Lipinski definition) is 4. The van der Waals surface area contributed by atoms with E-state index in [-0.39, 0.29) is 11.7 Å². The minimum atomic E-state index is -3.37. The van der Waals surface area contributed by atoms with Crippen molar-refractivity contribution in [2.75, 3.05) is 17.0 Å². The van der Waals surface area contributed by atoms with E-state index in [1.165, 1.54) is 6.07 Å². The predicted octanol–water partition coefficient (Wildman–Crippen LogP) is 2.21. The molecular formula is C17H21N3O3S. The van der Waals surface area contributed by atoms with Crippen LogP contribution in [0.4, 0.5) is 5.69 Å². The molecule has 0 aliphatic heterocycles. The molecule has 24 heavy (non-hydrogen) atoms. The Morgan fingerprint density at radius 1 is 1.17 bits per heavy atom. The molecule has 1 aromatic heterocycles. The third kappa shape index (κ3) is 5.66. The van der Waals surface area contributed by atoms with Crippen molar-refractivity contribution in [3.05, 3.63) is 59.9 Å². The molecule has 0 aliphatic rings. The van der Waals surface area contributed by atoms with E-state index in [9.17, 15) is 13.2 Å². The number of nitrogens with zero attached hydrogens (tertiary/aromatic N) is 1. The summed E-state index contributed by atoms with van der Waals surface area (Å²) in [5.74, 6) is -0.199. The third-order valence-electron chi connectivity index (χ3n) is 3.26. The molecule has 0 unspecified atom stereocenters. The van der Waals surface area contributed by atoms with Crippen LogP contribution in [0.25, 0.3) is 0 Å². The highest BCUT2D eigenvalue weighted by Gasteiger charge is 2.11. The zero-order chi connectivity index (χ0) is 17.4. The van der Waals surface area contributed by atoms with Gasteiger partial charge in [-0.3, -0.25) is 14.5 Å². The van der Waals surface area contributed by atoms with E-state index in [0.717, 1.165) is 5.69 Å². The fourth-order valence-corrected chi connectivity index (χ4v) is 3.30. The van der Waals surface area contributed by atoms with Crippen LogP contribution in [-0.2, 0) is 16.4 Å². The van der Waals surface area contributed by atoms with Gasteiger partial charge < -0.3 is 5.32 Å². The SMILES string of the molecule is CCCS(=O)(=O)Nc1cccc(C(=O)NCCc2ccccn2)c1. The molecule has 2 rings (SSSR count). The summed E-state index contributed by atoms with van der Waals surface area (Å²) >= 11 is 0. The van der Waals surface area contributed by atoms with Crippen molar-refractivity contribution in [3.63, 3.8) is 0 Å². The summed E-state index contributed by atoms with van der Waals surface area (Å²) in [6.07, 6.45) is 2.88. The molecule has 0 atom stereocenters. The van der Waals surface area contributed by atoms with Gasteiger partial charge in [-0.05, 0) is 36.8 Å². The molecule has 1 amide bonds. The van der Waals surface area contributed by atoms with Gasteiger partial charge in [0.05, 0.1) is 5.75 Å². The molecule has 1 aromatic carbocycles. The second-order valence-electron chi connectivity index (χ2n) is 5.33. The standard InChI is InChI=1S/C17H21N3O3S/c1-2-12-24(22,23)20-16-8-5-6-14(13-16)17(21)19-11-9-15-7-3-4-10-18-15/h3-8,10,13,20H,2,9,11-12H2,1H3,(H,19,21). The first-order chi connectivity index (χ1) is 11.5. The van der Waals surface area contributed by atoms with Crippen molar-refractivity contribution >= 4 is 21.6 Å². The van der Waals surface area contributed by atoms with Gasteiger partial charge in [-0.1, -0.05) is 19.1 Å². The number of carbonyl (C=O) groups excluding carboxylic acids is 1. The van der Waals surface area contributed by atoms with Crippen LogP contribution in [-0.4, -0.2) is 31.6 Å². The topological polar surface area (TPSA) is 88.2 Å². The molecule has 0 saturated carbocycles. The lowest BCUT2D eigenvalue weighted by atomic mass is 10.2. The maximum Gasteiger partial charge on any atom is 0.251 e. The van der Waals surface area contributed by atoms with E-state index in [1.807, 2.05) is 18.2 Å². The Bertz CT molecular complexity index is 777. The quantitative estimate of drug-likeness (QED) is 0.766. The Balaban J connectivity index is 1.94. The van der Waals surface area contributed by atoms with Gasteiger partial charge in [-0.25, -0.2) is 8.42 Å². The van der Waals surface area contributed by atoms with Crippen LogP contribution in [0.3, 0.4) is 0 Å². The van der Waals surface area contributed by atoms with Crippen LogP contribution in [0.5, 0.6) is 0 Å². The third-order valence-corrected chi connectivity index (χ3v) is 4.76. The fourth-order valence-electron chi connectivity index (χ4n) is 2.18. The molecule has 0 radical (unpaired) electrons. The van der Waals surface area contributed by atoms with Gasteiger partial charge in [0.25, 0.3) is 5.91 Å². The largest absolute Gasteiger partial charge is 0.352 e. The Labute approximate surface area is 142 Å². The molecule has 0 bridgehead atoms. The zero-order valence-corrected chi connectivity index (χ0v) is 14.3. The fraction of sp³-hybridized carbons (Fsp3) is 0.294. The number of sulfonamides is 1. The van der Waals surface area contributed by atoms with E-state index in [1.54, 1.807) is 31.3 Å². The first-order valence-corrected chi connectivity index (χ1v) is 9.44. The van der Waals surface area contributed by atoms with E-state index in [2.05, 4.69) is 15.0 Å². The van der Waals surface area contributed by atoms with Gasteiger partial charge in [0.1, 0.15) is 0 Å². The molecule has 0 spiro atoms. The number of hydrogen-bond donors (Lipinski definition) is 2. The first kappa shape index (κ1) is 17.9. The Morgan fingerprint density at radius 2 is 2.00 bits per heavy atom. The van der Waals surface area contributed by atoms with Crippen molar-refractivity contribution in [1.29, 1.82) is 0 Å². The number of rotatable bonds is 8. The molecule has 7 heteroatoms. The highest BCUT2D eigenvalue weighted by Crippen LogP contribution is 2.13. The van der Waals surface area contributed by atoms with Crippen LogP contribution in [0.1, 0.15) is 29.4 Å². The molecule has 0 saturated heterocycles. The number of anilines is 1. The van der Waals surface area contributed by atoms with Gasteiger partial charge in [-0.15, -0.1) is 0 Å². The van der Waals surface area contributed by atoms with Gasteiger partial charge in [-0.2, -0.15) is 0 Å².